The highest BCUT2D eigenvalue weighted by Gasteiger charge is 2.31. The van der Waals surface area contributed by atoms with Crippen LogP contribution >= 0.6 is 0 Å². The van der Waals surface area contributed by atoms with Crippen molar-refractivity contribution in [2.45, 2.75) is 26.1 Å². The molecule has 10 heteroatoms. The zero-order valence-corrected chi connectivity index (χ0v) is 13.9. The number of halogens is 3. The molecule has 0 bridgehead atoms. The molecule has 0 unspecified atom stereocenters. The number of aryl methyl sites for hydroxylation is 1. The summed E-state index contributed by atoms with van der Waals surface area (Å²) in [5.41, 5.74) is 0. The van der Waals surface area contributed by atoms with Crippen molar-refractivity contribution >= 4 is 17.5 Å². The minimum absolute atomic E-state index is 0.125. The number of nitrogens with one attached hydrogen (secondary N) is 1. The Hall–Kier alpha value is -2.78. The maximum Gasteiger partial charge on any atom is 0.573 e. The van der Waals surface area contributed by atoms with E-state index in [0.29, 0.717) is 43.3 Å². The molecule has 3 rings (SSSR count). The summed E-state index contributed by atoms with van der Waals surface area (Å²) in [6.45, 7) is 2.88. The number of carbonyl (C=O) groups is 1. The monoisotopic (exact) mass is 370 g/mol. The van der Waals surface area contributed by atoms with Crippen LogP contribution in [0.15, 0.2) is 28.9 Å². The van der Waals surface area contributed by atoms with Crippen LogP contribution in [0.4, 0.5) is 24.8 Å². The molecule has 1 amide bonds. The molecule has 1 aliphatic rings. The van der Waals surface area contributed by atoms with Gasteiger partial charge in [0.15, 0.2) is 5.82 Å². The third-order valence-electron chi connectivity index (χ3n) is 4.02. The smallest absolute Gasteiger partial charge is 0.404 e. The minimum atomic E-state index is -4.74. The molecular formula is C16H17F3N4O3. The van der Waals surface area contributed by atoms with Crippen LogP contribution in [-0.4, -0.2) is 35.5 Å². The first-order valence-electron chi connectivity index (χ1n) is 8.01. The molecule has 0 aromatic carbocycles. The molecule has 3 heterocycles. The number of hydrogen-bond acceptors (Lipinski definition) is 6. The normalized spacial score (nSPS) is 15.8. The Morgan fingerprint density at radius 1 is 1.35 bits per heavy atom. The maximum absolute atomic E-state index is 12.2. The number of ether oxygens (including phenoxy) is 1. The van der Waals surface area contributed by atoms with Crippen molar-refractivity contribution in [3.8, 4) is 5.75 Å². The summed E-state index contributed by atoms with van der Waals surface area (Å²) in [6, 6.07) is 4.34. The van der Waals surface area contributed by atoms with Gasteiger partial charge in [0.1, 0.15) is 17.3 Å². The summed E-state index contributed by atoms with van der Waals surface area (Å²) in [5.74, 6) is 0.885. The summed E-state index contributed by atoms with van der Waals surface area (Å²) in [4.78, 5) is 18.2. The number of pyridine rings is 1. The number of amides is 1. The van der Waals surface area contributed by atoms with Gasteiger partial charge in [-0.15, -0.1) is 13.2 Å². The van der Waals surface area contributed by atoms with E-state index in [9.17, 15) is 18.0 Å². The van der Waals surface area contributed by atoms with E-state index in [-0.39, 0.29) is 17.6 Å². The van der Waals surface area contributed by atoms with Gasteiger partial charge in [-0.3, -0.25) is 4.79 Å². The first-order chi connectivity index (χ1) is 12.3. The van der Waals surface area contributed by atoms with E-state index in [1.807, 2.05) is 4.90 Å². The highest BCUT2D eigenvalue weighted by atomic mass is 19.4. The van der Waals surface area contributed by atoms with E-state index in [1.165, 1.54) is 12.1 Å². The summed E-state index contributed by atoms with van der Waals surface area (Å²) >= 11 is 0. The first kappa shape index (κ1) is 18.0. The van der Waals surface area contributed by atoms with E-state index in [0.717, 1.165) is 6.20 Å². The van der Waals surface area contributed by atoms with E-state index < -0.39 is 6.36 Å². The molecule has 1 fully saturated rings. The van der Waals surface area contributed by atoms with Gasteiger partial charge in [-0.25, -0.2) is 4.98 Å². The number of nitrogens with zero attached hydrogens (tertiary/aromatic N) is 3. The number of hydrogen-bond donors (Lipinski definition) is 1. The van der Waals surface area contributed by atoms with Gasteiger partial charge in [-0.1, -0.05) is 5.16 Å². The maximum atomic E-state index is 12.2. The first-order valence-corrected chi connectivity index (χ1v) is 8.01. The fourth-order valence-corrected chi connectivity index (χ4v) is 2.78. The predicted octanol–water partition coefficient (Wildman–Crippen LogP) is 3.13. The summed E-state index contributed by atoms with van der Waals surface area (Å²) in [7, 11) is 0. The lowest BCUT2D eigenvalue weighted by molar-refractivity contribution is -0.274. The fraction of sp³-hybridized carbons (Fsp3) is 0.438. The van der Waals surface area contributed by atoms with Gasteiger partial charge in [-0.05, 0) is 31.9 Å². The molecule has 7 nitrogen and oxygen atoms in total. The van der Waals surface area contributed by atoms with Crippen molar-refractivity contribution in [2.75, 3.05) is 23.3 Å². The third-order valence-corrected chi connectivity index (χ3v) is 4.02. The van der Waals surface area contributed by atoms with E-state index in [2.05, 4.69) is 20.2 Å². The standard InChI is InChI=1S/C16H17F3N4O3/c1-10-8-13(22-26-10)21-15(24)11-4-6-23(7-5-11)14-3-2-12(9-20-14)25-16(17,18)19/h2-3,8-9,11H,4-7H2,1H3,(H,21,22,24). The molecule has 0 radical (unpaired) electrons. The number of carbonyl (C=O) groups excluding carboxylic acids is 1. The van der Waals surface area contributed by atoms with Crippen molar-refractivity contribution in [1.29, 1.82) is 0 Å². The molecular weight excluding hydrogens is 353 g/mol. The second-order valence-electron chi connectivity index (χ2n) is 5.97. The quantitative estimate of drug-likeness (QED) is 0.891. The SMILES string of the molecule is Cc1cc(NC(=O)C2CCN(c3ccc(OC(F)(F)F)cn3)CC2)no1. The Morgan fingerprint density at radius 3 is 2.62 bits per heavy atom. The number of piperidine rings is 1. The molecule has 1 N–H and O–H groups in total. The number of anilines is 2. The van der Waals surface area contributed by atoms with Crippen LogP contribution in [0.1, 0.15) is 18.6 Å². The topological polar surface area (TPSA) is 80.5 Å². The van der Waals surface area contributed by atoms with Crippen molar-refractivity contribution < 1.29 is 27.2 Å². The molecule has 26 heavy (non-hydrogen) atoms. The zero-order chi connectivity index (χ0) is 18.7. The fourth-order valence-electron chi connectivity index (χ4n) is 2.78. The summed E-state index contributed by atoms with van der Waals surface area (Å²) in [6.07, 6.45) is -2.50. The van der Waals surface area contributed by atoms with Crippen LogP contribution < -0.4 is 15.0 Å². The Kier molecular flexibility index (Phi) is 5.01. The second-order valence-corrected chi connectivity index (χ2v) is 5.97. The van der Waals surface area contributed by atoms with Crippen LogP contribution in [0.25, 0.3) is 0 Å². The van der Waals surface area contributed by atoms with Gasteiger partial charge < -0.3 is 19.5 Å². The van der Waals surface area contributed by atoms with Crippen LogP contribution in [0.2, 0.25) is 0 Å². The lowest BCUT2D eigenvalue weighted by atomic mass is 9.96. The molecule has 0 spiro atoms. The molecule has 140 valence electrons. The van der Waals surface area contributed by atoms with Gasteiger partial charge in [0.2, 0.25) is 5.91 Å². The molecule has 0 atom stereocenters. The Bertz CT molecular complexity index is 753. The summed E-state index contributed by atoms with van der Waals surface area (Å²) in [5, 5.41) is 6.44. The minimum Gasteiger partial charge on any atom is -0.404 e. The van der Waals surface area contributed by atoms with Crippen molar-refractivity contribution in [1.82, 2.24) is 10.1 Å². The van der Waals surface area contributed by atoms with Gasteiger partial charge in [-0.2, -0.15) is 0 Å². The number of alkyl halides is 3. The van der Waals surface area contributed by atoms with Crippen LogP contribution in [0.5, 0.6) is 5.75 Å². The Balaban J connectivity index is 1.52. The largest absolute Gasteiger partial charge is 0.573 e. The van der Waals surface area contributed by atoms with Crippen LogP contribution in [-0.2, 0) is 4.79 Å². The second kappa shape index (κ2) is 7.22. The molecule has 2 aromatic heterocycles. The predicted molar refractivity (Wildman–Crippen MR) is 85.7 cm³/mol. The Morgan fingerprint density at radius 2 is 2.08 bits per heavy atom. The number of rotatable bonds is 4. The lowest BCUT2D eigenvalue weighted by Gasteiger charge is -2.32. The highest BCUT2D eigenvalue weighted by molar-refractivity contribution is 5.91. The molecule has 2 aromatic rings. The van der Waals surface area contributed by atoms with Gasteiger partial charge >= 0.3 is 6.36 Å². The van der Waals surface area contributed by atoms with Crippen LogP contribution in [0.3, 0.4) is 0 Å². The Labute approximate surface area is 147 Å². The van der Waals surface area contributed by atoms with Gasteiger partial charge in [0, 0.05) is 25.1 Å². The highest BCUT2D eigenvalue weighted by Crippen LogP contribution is 2.26. The third kappa shape index (κ3) is 4.64. The van der Waals surface area contributed by atoms with Gasteiger partial charge in [0.25, 0.3) is 0 Å². The van der Waals surface area contributed by atoms with Crippen molar-refractivity contribution in [3.63, 3.8) is 0 Å². The average molecular weight is 370 g/mol. The lowest BCUT2D eigenvalue weighted by Crippen LogP contribution is -2.38. The zero-order valence-electron chi connectivity index (χ0n) is 13.9. The van der Waals surface area contributed by atoms with E-state index in [1.54, 1.807) is 13.0 Å². The van der Waals surface area contributed by atoms with Crippen molar-refractivity contribution in [2.24, 2.45) is 5.92 Å². The average Bonchev–Trinajstić information content (AvgIpc) is 2.99. The molecule has 1 saturated heterocycles. The molecule has 0 aliphatic carbocycles. The number of aromatic nitrogens is 2. The van der Waals surface area contributed by atoms with Gasteiger partial charge in [0.05, 0.1) is 6.20 Å². The summed E-state index contributed by atoms with van der Waals surface area (Å²) < 4.78 is 45.2. The van der Waals surface area contributed by atoms with E-state index in [4.69, 9.17) is 4.52 Å². The van der Waals surface area contributed by atoms with Crippen molar-refractivity contribution in [3.05, 3.63) is 30.2 Å². The van der Waals surface area contributed by atoms with Crippen LogP contribution in [0, 0.1) is 12.8 Å². The molecule has 0 saturated carbocycles. The molecule has 1 aliphatic heterocycles. The van der Waals surface area contributed by atoms with E-state index >= 15 is 0 Å².